The van der Waals surface area contributed by atoms with Crippen LogP contribution in [0.3, 0.4) is 0 Å². The highest BCUT2D eigenvalue weighted by Crippen LogP contribution is 2.33. The van der Waals surface area contributed by atoms with E-state index >= 15 is 0 Å². The molecule has 0 unspecified atom stereocenters. The van der Waals surface area contributed by atoms with Gasteiger partial charge in [-0.25, -0.2) is 4.52 Å². The van der Waals surface area contributed by atoms with Gasteiger partial charge in [0.25, 0.3) is 5.91 Å². The molecular formula is C19H20N4O. The first-order valence-corrected chi connectivity index (χ1v) is 8.24. The lowest BCUT2D eigenvalue weighted by Gasteiger charge is -2.16. The zero-order chi connectivity index (χ0) is 16.5. The van der Waals surface area contributed by atoms with E-state index in [1.54, 1.807) is 10.7 Å². The van der Waals surface area contributed by atoms with Gasteiger partial charge >= 0.3 is 0 Å². The summed E-state index contributed by atoms with van der Waals surface area (Å²) in [4.78, 5) is 14.9. The number of nitrogens with zero attached hydrogens (tertiary/aromatic N) is 3. The van der Waals surface area contributed by atoms with Crippen LogP contribution < -0.4 is 5.73 Å². The molecule has 1 amide bonds. The first kappa shape index (κ1) is 14.9. The molecule has 0 saturated carbocycles. The summed E-state index contributed by atoms with van der Waals surface area (Å²) in [5.74, 6) is 0.619. The van der Waals surface area contributed by atoms with E-state index in [1.165, 1.54) is 5.56 Å². The average Bonchev–Trinajstić information content (AvgIpc) is 3.26. The Morgan fingerprint density at radius 2 is 1.92 bits per heavy atom. The second-order valence-electron chi connectivity index (χ2n) is 6.31. The van der Waals surface area contributed by atoms with E-state index in [9.17, 15) is 4.79 Å². The number of aromatic nitrogens is 2. The molecule has 122 valence electrons. The van der Waals surface area contributed by atoms with Crippen molar-refractivity contribution in [2.45, 2.75) is 5.92 Å². The predicted octanol–water partition coefficient (Wildman–Crippen LogP) is 2.15. The minimum atomic E-state index is 0.0353. The smallest absolute Gasteiger partial charge is 0.257 e. The summed E-state index contributed by atoms with van der Waals surface area (Å²) in [5, 5.41) is 4.27. The molecule has 1 fully saturated rings. The van der Waals surface area contributed by atoms with Gasteiger partial charge in [-0.05, 0) is 30.2 Å². The zero-order valence-electron chi connectivity index (χ0n) is 13.4. The van der Waals surface area contributed by atoms with Crippen LogP contribution in [0.15, 0.2) is 60.9 Å². The van der Waals surface area contributed by atoms with Crippen molar-refractivity contribution >= 4 is 11.4 Å². The van der Waals surface area contributed by atoms with Crippen molar-refractivity contribution in [2.24, 2.45) is 11.7 Å². The Bertz CT molecular complexity index is 858. The van der Waals surface area contributed by atoms with Gasteiger partial charge in [-0.3, -0.25) is 4.79 Å². The topological polar surface area (TPSA) is 63.6 Å². The van der Waals surface area contributed by atoms with Crippen LogP contribution >= 0.6 is 0 Å². The second kappa shape index (κ2) is 6.09. The normalized spacial score (nSPS) is 20.6. The number of rotatable bonds is 3. The summed E-state index contributed by atoms with van der Waals surface area (Å²) >= 11 is 0. The number of likely N-dealkylation sites (tertiary alicyclic amines) is 1. The fraction of sp³-hybridized carbons (Fsp3) is 0.263. The maximum Gasteiger partial charge on any atom is 0.257 e. The fourth-order valence-corrected chi connectivity index (χ4v) is 3.62. The number of fused-ring (bicyclic) bond motifs is 1. The van der Waals surface area contributed by atoms with E-state index in [0.29, 0.717) is 31.1 Å². The third kappa shape index (κ3) is 2.47. The van der Waals surface area contributed by atoms with Crippen LogP contribution in [-0.4, -0.2) is 40.1 Å². The van der Waals surface area contributed by atoms with E-state index in [0.717, 1.165) is 5.52 Å². The van der Waals surface area contributed by atoms with Crippen molar-refractivity contribution in [3.63, 3.8) is 0 Å². The van der Waals surface area contributed by atoms with E-state index in [-0.39, 0.29) is 11.8 Å². The fourth-order valence-electron chi connectivity index (χ4n) is 3.62. The summed E-state index contributed by atoms with van der Waals surface area (Å²) in [7, 11) is 0. The van der Waals surface area contributed by atoms with Crippen molar-refractivity contribution in [3.8, 4) is 0 Å². The molecule has 3 aromatic rings. The second-order valence-corrected chi connectivity index (χ2v) is 6.31. The maximum absolute atomic E-state index is 13.0. The SMILES string of the molecule is NC[C@@H]1CN(C(=O)c2cnn3ccccc23)C[C@H]1c1ccccc1. The lowest BCUT2D eigenvalue weighted by Crippen LogP contribution is -2.29. The van der Waals surface area contributed by atoms with Crippen molar-refractivity contribution in [2.75, 3.05) is 19.6 Å². The zero-order valence-corrected chi connectivity index (χ0v) is 13.4. The first-order valence-electron chi connectivity index (χ1n) is 8.24. The van der Waals surface area contributed by atoms with Gasteiger partial charge in [0.2, 0.25) is 0 Å². The summed E-state index contributed by atoms with van der Waals surface area (Å²) in [5.41, 5.74) is 8.73. The van der Waals surface area contributed by atoms with Crippen LogP contribution in [-0.2, 0) is 0 Å². The minimum Gasteiger partial charge on any atom is -0.338 e. The van der Waals surface area contributed by atoms with Crippen molar-refractivity contribution < 1.29 is 4.79 Å². The van der Waals surface area contributed by atoms with Crippen LogP contribution in [0.1, 0.15) is 21.8 Å². The monoisotopic (exact) mass is 320 g/mol. The quantitative estimate of drug-likeness (QED) is 0.804. The van der Waals surface area contributed by atoms with Crippen LogP contribution in [0, 0.1) is 5.92 Å². The molecule has 0 bridgehead atoms. The molecule has 5 heteroatoms. The molecular weight excluding hydrogens is 300 g/mol. The Morgan fingerprint density at radius 3 is 2.71 bits per heavy atom. The number of pyridine rings is 1. The van der Waals surface area contributed by atoms with Gasteiger partial charge in [0.05, 0.1) is 17.3 Å². The lowest BCUT2D eigenvalue weighted by molar-refractivity contribution is 0.0788. The molecule has 0 spiro atoms. The number of carbonyl (C=O) groups is 1. The summed E-state index contributed by atoms with van der Waals surface area (Å²) in [6.07, 6.45) is 3.51. The summed E-state index contributed by atoms with van der Waals surface area (Å²) in [6, 6.07) is 16.1. The lowest BCUT2D eigenvalue weighted by atomic mass is 9.89. The maximum atomic E-state index is 13.0. The number of hydrogen-bond acceptors (Lipinski definition) is 3. The molecule has 1 aliphatic heterocycles. The van der Waals surface area contributed by atoms with Crippen LogP contribution in [0.4, 0.5) is 0 Å². The van der Waals surface area contributed by atoms with E-state index in [2.05, 4.69) is 17.2 Å². The highest BCUT2D eigenvalue weighted by molar-refractivity contribution is 6.00. The molecule has 2 atom stereocenters. The molecule has 2 aromatic heterocycles. The molecule has 1 saturated heterocycles. The molecule has 1 aliphatic rings. The third-order valence-electron chi connectivity index (χ3n) is 4.92. The first-order chi connectivity index (χ1) is 11.8. The average molecular weight is 320 g/mol. The molecule has 1 aromatic carbocycles. The molecule has 24 heavy (non-hydrogen) atoms. The van der Waals surface area contributed by atoms with E-state index < -0.39 is 0 Å². The van der Waals surface area contributed by atoms with Gasteiger partial charge < -0.3 is 10.6 Å². The Kier molecular flexibility index (Phi) is 3.78. The Balaban J connectivity index is 1.62. The molecule has 4 rings (SSSR count). The van der Waals surface area contributed by atoms with Gasteiger partial charge in [0.1, 0.15) is 0 Å². The van der Waals surface area contributed by atoms with Crippen LogP contribution in [0.5, 0.6) is 0 Å². The standard InChI is InChI=1S/C19H20N4O/c20-10-15-12-22(13-17(15)14-6-2-1-3-7-14)19(24)16-11-21-23-9-5-4-8-18(16)23/h1-9,11,15,17H,10,12-13,20H2/t15-,17+/m1/s1. The molecule has 5 nitrogen and oxygen atoms in total. The van der Waals surface area contributed by atoms with E-state index in [4.69, 9.17) is 5.73 Å². The van der Waals surface area contributed by atoms with Crippen molar-refractivity contribution in [3.05, 3.63) is 72.1 Å². The van der Waals surface area contributed by atoms with Gasteiger partial charge in [-0.1, -0.05) is 36.4 Å². The number of hydrogen-bond donors (Lipinski definition) is 1. The van der Waals surface area contributed by atoms with Gasteiger partial charge in [0.15, 0.2) is 0 Å². The van der Waals surface area contributed by atoms with Crippen molar-refractivity contribution in [1.29, 1.82) is 0 Å². The van der Waals surface area contributed by atoms with Crippen LogP contribution in [0.25, 0.3) is 5.52 Å². The molecule has 0 aliphatic carbocycles. The van der Waals surface area contributed by atoms with Gasteiger partial charge in [0, 0.05) is 25.2 Å². The van der Waals surface area contributed by atoms with Gasteiger partial charge in [-0.2, -0.15) is 5.10 Å². The number of benzene rings is 1. The number of nitrogens with two attached hydrogens (primary N) is 1. The van der Waals surface area contributed by atoms with Gasteiger partial charge in [-0.15, -0.1) is 0 Å². The summed E-state index contributed by atoms with van der Waals surface area (Å²) in [6.45, 7) is 1.98. The third-order valence-corrected chi connectivity index (χ3v) is 4.92. The molecule has 0 radical (unpaired) electrons. The Morgan fingerprint density at radius 1 is 1.12 bits per heavy atom. The van der Waals surface area contributed by atoms with Crippen molar-refractivity contribution in [1.82, 2.24) is 14.5 Å². The Labute approximate surface area is 140 Å². The Hall–Kier alpha value is -2.66. The highest BCUT2D eigenvalue weighted by atomic mass is 16.2. The number of amides is 1. The summed E-state index contributed by atoms with van der Waals surface area (Å²) < 4.78 is 1.73. The minimum absolute atomic E-state index is 0.0353. The molecule has 3 heterocycles. The van der Waals surface area contributed by atoms with Crippen LogP contribution in [0.2, 0.25) is 0 Å². The highest BCUT2D eigenvalue weighted by Gasteiger charge is 2.36. The number of carbonyl (C=O) groups excluding carboxylic acids is 1. The predicted molar refractivity (Wildman–Crippen MR) is 92.8 cm³/mol. The largest absolute Gasteiger partial charge is 0.338 e. The van der Waals surface area contributed by atoms with E-state index in [1.807, 2.05) is 47.5 Å². The molecule has 2 N–H and O–H groups in total.